The van der Waals surface area contributed by atoms with E-state index in [4.69, 9.17) is 4.74 Å². The molecule has 130 valence electrons. The molecule has 1 aliphatic heterocycles. The first kappa shape index (κ1) is 16.9. The lowest BCUT2D eigenvalue weighted by Crippen LogP contribution is -2.43. The number of hydrogen-bond acceptors (Lipinski definition) is 5. The van der Waals surface area contributed by atoms with Crippen molar-refractivity contribution in [2.75, 3.05) is 13.1 Å². The third kappa shape index (κ3) is 3.32. The van der Waals surface area contributed by atoms with Gasteiger partial charge < -0.3 is 20.5 Å². The first-order valence-corrected chi connectivity index (χ1v) is 7.91. The molecule has 0 bridgehead atoms. The van der Waals surface area contributed by atoms with Gasteiger partial charge in [0.15, 0.2) is 5.60 Å². The zero-order valence-corrected chi connectivity index (χ0v) is 13.8. The van der Waals surface area contributed by atoms with Crippen LogP contribution in [0.3, 0.4) is 0 Å². The number of pyridine rings is 1. The van der Waals surface area contributed by atoms with Gasteiger partial charge in [-0.3, -0.25) is 9.78 Å². The van der Waals surface area contributed by atoms with E-state index < -0.39 is 11.7 Å². The van der Waals surface area contributed by atoms with Crippen LogP contribution in [-0.2, 0) is 21.7 Å². The molecule has 7 nitrogen and oxygen atoms in total. The van der Waals surface area contributed by atoms with Crippen molar-refractivity contribution in [1.29, 1.82) is 0 Å². The lowest BCUT2D eigenvalue weighted by atomic mass is 9.89. The average Bonchev–Trinajstić information content (AvgIpc) is 3.02. The lowest BCUT2D eigenvalue weighted by Gasteiger charge is -2.28. The number of ether oxygens (including phenoxy) is 1. The van der Waals surface area contributed by atoms with Crippen LogP contribution >= 0.6 is 0 Å². The zero-order valence-electron chi connectivity index (χ0n) is 13.8. The largest absolute Gasteiger partial charge is 0.433 e. The molecule has 1 fully saturated rings. The predicted molar refractivity (Wildman–Crippen MR) is 90.4 cm³/mol. The first-order chi connectivity index (χ1) is 12.1. The van der Waals surface area contributed by atoms with E-state index >= 15 is 0 Å². The smallest absolute Gasteiger partial charge is 0.408 e. The van der Waals surface area contributed by atoms with Crippen LogP contribution in [0.25, 0.3) is 11.1 Å². The van der Waals surface area contributed by atoms with Crippen molar-refractivity contribution in [3.05, 3.63) is 53.9 Å². The van der Waals surface area contributed by atoms with Crippen molar-refractivity contribution in [2.45, 2.75) is 19.1 Å². The molecule has 1 aromatic carbocycles. The summed E-state index contributed by atoms with van der Waals surface area (Å²) in [5.41, 5.74) is 1.71. The van der Waals surface area contributed by atoms with E-state index in [9.17, 15) is 14.7 Å². The summed E-state index contributed by atoms with van der Waals surface area (Å²) in [4.78, 5) is 27.6. The normalized spacial score (nSPS) is 19.2. The fourth-order valence-electron chi connectivity index (χ4n) is 2.95. The molecule has 3 rings (SSSR count). The van der Waals surface area contributed by atoms with E-state index in [0.717, 1.165) is 16.7 Å². The van der Waals surface area contributed by atoms with E-state index in [-0.39, 0.29) is 25.6 Å². The van der Waals surface area contributed by atoms with Gasteiger partial charge in [-0.25, -0.2) is 4.79 Å². The Kier molecular flexibility index (Phi) is 4.67. The highest BCUT2D eigenvalue weighted by molar-refractivity contribution is 5.76. The molecule has 7 heteroatoms. The Morgan fingerprint density at radius 1 is 1.32 bits per heavy atom. The summed E-state index contributed by atoms with van der Waals surface area (Å²) in [5, 5.41) is 15.0. The number of rotatable bonds is 5. The minimum absolute atomic E-state index is 0.104. The second-order valence-electron chi connectivity index (χ2n) is 5.86. The van der Waals surface area contributed by atoms with E-state index in [1.807, 2.05) is 30.3 Å². The van der Waals surface area contributed by atoms with Crippen LogP contribution in [0.15, 0.2) is 42.6 Å². The first-order valence-electron chi connectivity index (χ1n) is 7.91. The maximum atomic E-state index is 11.7. The molecule has 2 amide bonds. The van der Waals surface area contributed by atoms with Crippen LogP contribution in [0.5, 0.6) is 0 Å². The summed E-state index contributed by atoms with van der Waals surface area (Å²) in [7, 11) is 0. The van der Waals surface area contributed by atoms with Gasteiger partial charge in [-0.1, -0.05) is 30.3 Å². The fraction of sp³-hybridized carbons (Fsp3) is 0.278. The summed E-state index contributed by atoms with van der Waals surface area (Å²) in [6.45, 7) is 1.57. The van der Waals surface area contributed by atoms with Gasteiger partial charge in [-0.15, -0.1) is 0 Å². The molecule has 1 saturated heterocycles. The van der Waals surface area contributed by atoms with E-state index in [1.165, 1.54) is 6.92 Å². The molecule has 2 heterocycles. The number of carbonyl (C=O) groups excluding carboxylic acids is 2. The zero-order chi connectivity index (χ0) is 17.9. The van der Waals surface area contributed by atoms with Crippen LogP contribution in [0.2, 0.25) is 0 Å². The highest BCUT2D eigenvalue weighted by atomic mass is 16.6. The molecular weight excluding hydrogens is 322 g/mol. The Morgan fingerprint density at radius 3 is 2.76 bits per heavy atom. The number of benzene rings is 1. The highest BCUT2D eigenvalue weighted by Gasteiger charge is 2.45. The summed E-state index contributed by atoms with van der Waals surface area (Å²) in [5.74, 6) is -0.226. The number of amides is 2. The molecule has 1 unspecified atom stereocenters. The molecule has 0 radical (unpaired) electrons. The quantitative estimate of drug-likeness (QED) is 0.761. The summed E-state index contributed by atoms with van der Waals surface area (Å²) in [6.07, 6.45) is 1.06. The molecule has 0 saturated carbocycles. The number of cyclic esters (lactones) is 1. The van der Waals surface area contributed by atoms with Crippen molar-refractivity contribution < 1.29 is 19.4 Å². The minimum atomic E-state index is -1.11. The van der Waals surface area contributed by atoms with Crippen LogP contribution in [0, 0.1) is 0 Å². The van der Waals surface area contributed by atoms with Gasteiger partial charge in [0.1, 0.15) is 0 Å². The second-order valence-corrected chi connectivity index (χ2v) is 5.86. The Hall–Kier alpha value is -2.93. The van der Waals surface area contributed by atoms with Crippen molar-refractivity contribution in [3.63, 3.8) is 0 Å². The number of nitrogens with one attached hydrogen (secondary N) is 2. The van der Waals surface area contributed by atoms with Gasteiger partial charge in [-0.2, -0.15) is 0 Å². The van der Waals surface area contributed by atoms with Crippen LogP contribution in [-0.4, -0.2) is 35.2 Å². The molecule has 0 aliphatic carbocycles. The topological polar surface area (TPSA) is 101 Å². The predicted octanol–water partition coefficient (Wildman–Crippen LogP) is 1.31. The maximum Gasteiger partial charge on any atom is 0.408 e. The number of aliphatic hydroxyl groups is 1. The molecule has 0 spiro atoms. The molecular formula is C18H19N3O4. The third-order valence-electron chi connectivity index (χ3n) is 4.15. The third-order valence-corrected chi connectivity index (χ3v) is 4.15. The second kappa shape index (κ2) is 6.90. The number of aliphatic hydroxyl groups excluding tert-OH is 1. The minimum Gasteiger partial charge on any atom is -0.433 e. The van der Waals surface area contributed by atoms with Crippen molar-refractivity contribution in [3.8, 4) is 11.1 Å². The summed E-state index contributed by atoms with van der Waals surface area (Å²) < 4.78 is 5.53. The Bertz CT molecular complexity index is 808. The van der Waals surface area contributed by atoms with Gasteiger partial charge in [0.25, 0.3) is 0 Å². The van der Waals surface area contributed by atoms with Crippen molar-refractivity contribution >= 4 is 12.0 Å². The molecule has 1 atom stereocenters. The maximum absolute atomic E-state index is 11.7. The molecule has 2 aromatic rings. The van der Waals surface area contributed by atoms with Gasteiger partial charge in [0.05, 0.1) is 25.4 Å². The molecule has 1 aromatic heterocycles. The standard InChI is InChI=1S/C18H19N3O4/c1-12(23)20-10-18(11-21-17(24)25-18)16-15(7-4-8-19-16)14-6-3-2-5-13(14)9-22/h2-8,22H,9-11H2,1H3,(H,20,23)(H,21,24). The number of alkyl carbamates (subject to hydrolysis) is 1. The Balaban J connectivity index is 2.12. The van der Waals surface area contributed by atoms with E-state index in [2.05, 4.69) is 15.6 Å². The van der Waals surface area contributed by atoms with Gasteiger partial charge in [0, 0.05) is 18.7 Å². The molecule has 3 N–H and O–H groups in total. The highest BCUT2D eigenvalue weighted by Crippen LogP contribution is 2.36. The monoisotopic (exact) mass is 341 g/mol. The van der Waals surface area contributed by atoms with Crippen LogP contribution in [0.4, 0.5) is 4.79 Å². The SMILES string of the molecule is CC(=O)NCC1(c2ncccc2-c2ccccc2CO)CNC(=O)O1. The molecule has 1 aliphatic rings. The van der Waals surface area contributed by atoms with Crippen LogP contribution in [0.1, 0.15) is 18.2 Å². The molecule has 25 heavy (non-hydrogen) atoms. The Labute approximate surface area is 145 Å². The van der Waals surface area contributed by atoms with Crippen molar-refractivity contribution in [2.24, 2.45) is 0 Å². The number of nitrogens with zero attached hydrogens (tertiary/aromatic N) is 1. The van der Waals surface area contributed by atoms with Gasteiger partial charge in [-0.05, 0) is 17.2 Å². The number of aromatic nitrogens is 1. The van der Waals surface area contributed by atoms with Gasteiger partial charge in [0.2, 0.25) is 5.91 Å². The van der Waals surface area contributed by atoms with Crippen LogP contribution < -0.4 is 10.6 Å². The van der Waals surface area contributed by atoms with E-state index in [1.54, 1.807) is 12.3 Å². The summed E-state index contributed by atoms with van der Waals surface area (Å²) in [6, 6.07) is 11.1. The average molecular weight is 341 g/mol. The van der Waals surface area contributed by atoms with E-state index in [0.29, 0.717) is 5.69 Å². The Morgan fingerprint density at radius 2 is 2.08 bits per heavy atom. The lowest BCUT2D eigenvalue weighted by molar-refractivity contribution is -0.120. The fourth-order valence-corrected chi connectivity index (χ4v) is 2.95. The van der Waals surface area contributed by atoms with Crippen molar-refractivity contribution in [1.82, 2.24) is 15.6 Å². The number of carbonyl (C=O) groups is 2. The number of hydrogen-bond donors (Lipinski definition) is 3. The summed E-state index contributed by atoms with van der Waals surface area (Å²) >= 11 is 0. The van der Waals surface area contributed by atoms with Gasteiger partial charge >= 0.3 is 6.09 Å².